The number of hydrogen-bond donors (Lipinski definition) is 0. The van der Waals surface area contributed by atoms with Crippen molar-refractivity contribution in [1.29, 1.82) is 0 Å². The molecule has 23 heavy (non-hydrogen) atoms. The van der Waals surface area contributed by atoms with Gasteiger partial charge < -0.3 is 9.64 Å². The minimum Gasteiger partial charge on any atom is -0.383 e. The van der Waals surface area contributed by atoms with Crippen LogP contribution in [-0.2, 0) is 4.74 Å². The zero-order valence-electron chi connectivity index (χ0n) is 13.3. The van der Waals surface area contributed by atoms with Crippen LogP contribution in [0.5, 0.6) is 0 Å². The van der Waals surface area contributed by atoms with E-state index in [9.17, 15) is 18.0 Å². The molecule has 0 spiro atoms. The molecule has 1 fully saturated rings. The van der Waals surface area contributed by atoms with Gasteiger partial charge in [0, 0.05) is 51.1 Å². The predicted molar refractivity (Wildman–Crippen MR) is 82.1 cm³/mol. The normalized spacial score (nSPS) is 16.7. The fraction of sp³-hybridized carbons (Fsp3) is 0.562. The molecule has 1 aromatic carbocycles. The quantitative estimate of drug-likeness (QED) is 0.777. The van der Waals surface area contributed by atoms with Crippen molar-refractivity contribution in [3.05, 3.63) is 29.3 Å². The van der Waals surface area contributed by atoms with E-state index in [0.717, 1.165) is 19.6 Å². The van der Waals surface area contributed by atoms with E-state index in [2.05, 4.69) is 4.90 Å². The summed E-state index contributed by atoms with van der Waals surface area (Å²) in [5.41, 5.74) is 0.823. The average molecular weight is 330 g/mol. The minimum atomic E-state index is -4.85. The van der Waals surface area contributed by atoms with Gasteiger partial charge in [-0.05, 0) is 18.6 Å². The average Bonchev–Trinajstić information content (AvgIpc) is 2.52. The predicted octanol–water partition coefficient (Wildman–Crippen LogP) is 2.51. The van der Waals surface area contributed by atoms with Crippen molar-refractivity contribution in [3.8, 4) is 0 Å². The third-order valence-electron chi connectivity index (χ3n) is 4.13. The molecule has 2 rings (SSSR count). The van der Waals surface area contributed by atoms with Crippen LogP contribution in [0.3, 0.4) is 0 Å². The van der Waals surface area contributed by atoms with Crippen LogP contribution in [0.1, 0.15) is 15.9 Å². The maximum atomic E-state index is 12.7. The number of hydrogen-bond acceptors (Lipinski definition) is 4. The topological polar surface area (TPSA) is 32.8 Å². The minimum absolute atomic E-state index is 0.267. The van der Waals surface area contributed by atoms with Gasteiger partial charge in [-0.25, -0.2) is 0 Å². The number of piperazine rings is 1. The molecule has 0 saturated carbocycles. The summed E-state index contributed by atoms with van der Waals surface area (Å²) < 4.78 is 43.1. The molecule has 1 saturated heterocycles. The largest absolute Gasteiger partial charge is 0.454 e. The lowest BCUT2D eigenvalue weighted by molar-refractivity contribution is -0.0885. The highest BCUT2D eigenvalue weighted by Crippen LogP contribution is 2.29. The smallest absolute Gasteiger partial charge is 0.383 e. The van der Waals surface area contributed by atoms with Gasteiger partial charge in [0.05, 0.1) is 6.61 Å². The Morgan fingerprint density at radius 2 is 1.87 bits per heavy atom. The van der Waals surface area contributed by atoms with E-state index in [1.807, 2.05) is 4.90 Å². The van der Waals surface area contributed by atoms with Crippen LogP contribution in [0.15, 0.2) is 18.2 Å². The van der Waals surface area contributed by atoms with Crippen molar-refractivity contribution >= 4 is 11.5 Å². The van der Waals surface area contributed by atoms with E-state index in [1.54, 1.807) is 20.1 Å². The van der Waals surface area contributed by atoms with Gasteiger partial charge >= 0.3 is 6.18 Å². The third-order valence-corrected chi connectivity index (χ3v) is 4.13. The van der Waals surface area contributed by atoms with Crippen LogP contribution in [0.2, 0.25) is 0 Å². The number of methoxy groups -OCH3 is 1. The first-order valence-corrected chi connectivity index (χ1v) is 7.52. The molecule has 0 aliphatic carbocycles. The lowest BCUT2D eigenvalue weighted by Gasteiger charge is -2.37. The Balaban J connectivity index is 2.12. The summed E-state index contributed by atoms with van der Waals surface area (Å²) in [5.74, 6) is -1.78. The molecule has 0 unspecified atom stereocenters. The Bertz CT molecular complexity index is 553. The van der Waals surface area contributed by atoms with E-state index in [4.69, 9.17) is 4.74 Å². The number of carbonyl (C=O) groups excluding carboxylic acids is 1. The fourth-order valence-electron chi connectivity index (χ4n) is 2.80. The molecule has 0 radical (unpaired) electrons. The maximum absolute atomic E-state index is 12.7. The molecule has 0 bridgehead atoms. The van der Waals surface area contributed by atoms with Crippen molar-refractivity contribution in [2.75, 3.05) is 51.3 Å². The number of ketones is 1. The van der Waals surface area contributed by atoms with Crippen molar-refractivity contribution in [2.45, 2.75) is 13.1 Å². The number of alkyl halides is 3. The van der Waals surface area contributed by atoms with E-state index in [-0.39, 0.29) is 5.56 Å². The molecule has 1 heterocycles. The molecule has 1 aliphatic rings. The van der Waals surface area contributed by atoms with Gasteiger partial charge in [-0.2, -0.15) is 13.2 Å². The number of carbonyl (C=O) groups is 1. The van der Waals surface area contributed by atoms with E-state index < -0.39 is 12.0 Å². The Morgan fingerprint density at radius 1 is 1.22 bits per heavy atom. The Morgan fingerprint density at radius 3 is 2.43 bits per heavy atom. The van der Waals surface area contributed by atoms with Gasteiger partial charge in [-0.3, -0.25) is 9.69 Å². The number of halogens is 3. The Kier molecular flexibility index (Phi) is 5.64. The summed E-state index contributed by atoms with van der Waals surface area (Å²) in [6, 6.07) is 4.52. The molecule has 7 heteroatoms. The van der Waals surface area contributed by atoms with E-state index in [0.29, 0.717) is 30.9 Å². The second kappa shape index (κ2) is 7.31. The first kappa shape index (κ1) is 17.7. The van der Waals surface area contributed by atoms with Crippen molar-refractivity contribution in [2.24, 2.45) is 0 Å². The standard InChI is InChI=1S/C16H21F3N2O2/c1-12-13(15(22)16(17,18)19)4-3-5-14(12)21-8-6-20(7-9-21)10-11-23-2/h3-5H,6-11H2,1-2H3. The molecule has 0 amide bonds. The first-order valence-electron chi connectivity index (χ1n) is 7.52. The van der Waals surface area contributed by atoms with Crippen molar-refractivity contribution in [3.63, 3.8) is 0 Å². The summed E-state index contributed by atoms with van der Waals surface area (Å²) in [6.45, 7) is 6.15. The lowest BCUT2D eigenvalue weighted by atomic mass is 10.0. The van der Waals surface area contributed by atoms with Gasteiger partial charge in [0.15, 0.2) is 0 Å². The number of anilines is 1. The molecule has 4 nitrogen and oxygen atoms in total. The SMILES string of the molecule is COCCN1CCN(c2cccc(C(=O)C(F)(F)F)c2C)CC1. The number of benzene rings is 1. The molecule has 128 valence electrons. The monoisotopic (exact) mass is 330 g/mol. The van der Waals surface area contributed by atoms with Gasteiger partial charge in [0.1, 0.15) is 0 Å². The van der Waals surface area contributed by atoms with Crippen molar-refractivity contribution in [1.82, 2.24) is 4.90 Å². The van der Waals surface area contributed by atoms with Crippen LogP contribution in [0.25, 0.3) is 0 Å². The molecule has 0 aromatic heterocycles. The summed E-state index contributed by atoms with van der Waals surface area (Å²) in [7, 11) is 1.66. The van der Waals surface area contributed by atoms with Crippen LogP contribution in [0, 0.1) is 6.92 Å². The van der Waals surface area contributed by atoms with Crippen molar-refractivity contribution < 1.29 is 22.7 Å². The van der Waals surface area contributed by atoms with Crippen LogP contribution in [0.4, 0.5) is 18.9 Å². The highest BCUT2D eigenvalue weighted by Gasteiger charge is 2.40. The van der Waals surface area contributed by atoms with Crippen LogP contribution < -0.4 is 4.90 Å². The highest BCUT2D eigenvalue weighted by molar-refractivity contribution is 6.02. The van der Waals surface area contributed by atoms with Crippen LogP contribution in [-0.4, -0.2) is 63.3 Å². The summed E-state index contributed by atoms with van der Waals surface area (Å²) in [4.78, 5) is 15.8. The Hall–Kier alpha value is -1.60. The molecule has 0 N–H and O–H groups in total. The Labute approximate surface area is 133 Å². The number of rotatable bonds is 5. The van der Waals surface area contributed by atoms with Gasteiger partial charge in [-0.1, -0.05) is 12.1 Å². The highest BCUT2D eigenvalue weighted by atomic mass is 19.4. The third kappa shape index (κ3) is 4.23. The fourth-order valence-corrected chi connectivity index (χ4v) is 2.80. The van der Waals surface area contributed by atoms with Gasteiger partial charge in [0.25, 0.3) is 5.78 Å². The molecular formula is C16H21F3N2O2. The van der Waals surface area contributed by atoms with Gasteiger partial charge in [-0.15, -0.1) is 0 Å². The van der Waals surface area contributed by atoms with E-state index in [1.165, 1.54) is 12.1 Å². The second-order valence-electron chi connectivity index (χ2n) is 5.60. The second-order valence-corrected chi connectivity index (χ2v) is 5.60. The lowest BCUT2D eigenvalue weighted by Crippen LogP contribution is -2.47. The summed E-state index contributed by atoms with van der Waals surface area (Å²) in [6.07, 6.45) is -4.85. The van der Waals surface area contributed by atoms with Gasteiger partial charge in [0.2, 0.25) is 0 Å². The maximum Gasteiger partial charge on any atom is 0.454 e. The van der Waals surface area contributed by atoms with Crippen LogP contribution >= 0.6 is 0 Å². The molecule has 0 atom stereocenters. The first-order chi connectivity index (χ1) is 10.8. The summed E-state index contributed by atoms with van der Waals surface area (Å²) >= 11 is 0. The van der Waals surface area contributed by atoms with E-state index >= 15 is 0 Å². The molecule has 1 aromatic rings. The number of ether oxygens (including phenoxy) is 1. The zero-order valence-corrected chi connectivity index (χ0v) is 13.3. The number of nitrogens with zero attached hydrogens (tertiary/aromatic N) is 2. The molecular weight excluding hydrogens is 309 g/mol. The molecule has 1 aliphatic heterocycles. The zero-order chi connectivity index (χ0) is 17.0. The number of Topliss-reactive ketones (excluding diaryl/α,β-unsaturated/α-hetero) is 1. The summed E-state index contributed by atoms with van der Waals surface area (Å²) in [5, 5.41) is 0.